The topological polar surface area (TPSA) is 69.2 Å². The molecule has 0 spiro atoms. The van der Waals surface area contributed by atoms with Crippen LogP contribution in [0.1, 0.15) is 12.8 Å². The van der Waals surface area contributed by atoms with Gasteiger partial charge in [-0.05, 0) is 18.6 Å². The molecule has 6 heteroatoms. The lowest BCUT2D eigenvalue weighted by atomic mass is 10.2. The molecule has 1 aromatic rings. The molecule has 1 amide bonds. The number of aliphatic carboxylic acids is 1. The van der Waals surface area contributed by atoms with E-state index in [4.69, 9.17) is 23.2 Å². The smallest absolute Gasteiger partial charge is 0.224 e. The summed E-state index contributed by atoms with van der Waals surface area (Å²) in [5.74, 6) is -1.72. The standard InChI is InChI=1S/C10H9Cl2NO3/c11-6-2-1-3-7(10(6)12)13-8(14)4-5-9(15)16/h1-3H,4-5H2,(H,13,14)(H,15,16)/p-1. The van der Waals surface area contributed by atoms with Crippen LogP contribution in [-0.2, 0) is 9.59 Å². The quantitative estimate of drug-likeness (QED) is 0.892. The number of nitrogens with one attached hydrogen (secondary N) is 1. The van der Waals surface area contributed by atoms with Crippen molar-refractivity contribution in [2.75, 3.05) is 5.32 Å². The maximum atomic E-state index is 11.3. The summed E-state index contributed by atoms with van der Waals surface area (Å²) < 4.78 is 0. The third-order valence-corrected chi connectivity index (χ3v) is 2.60. The van der Waals surface area contributed by atoms with Crippen molar-refractivity contribution in [3.63, 3.8) is 0 Å². The Morgan fingerprint density at radius 1 is 1.25 bits per heavy atom. The molecule has 16 heavy (non-hydrogen) atoms. The minimum atomic E-state index is -1.27. The zero-order chi connectivity index (χ0) is 12.1. The molecule has 0 atom stereocenters. The first-order valence-electron chi connectivity index (χ1n) is 4.44. The largest absolute Gasteiger partial charge is 0.550 e. The third-order valence-electron chi connectivity index (χ3n) is 1.78. The molecule has 1 aromatic carbocycles. The number of anilines is 1. The average Bonchev–Trinajstić information content (AvgIpc) is 2.22. The van der Waals surface area contributed by atoms with Crippen LogP contribution in [0.3, 0.4) is 0 Å². The van der Waals surface area contributed by atoms with Gasteiger partial charge in [-0.1, -0.05) is 29.3 Å². The SMILES string of the molecule is O=C([O-])CCC(=O)Nc1cccc(Cl)c1Cl. The summed E-state index contributed by atoms with van der Waals surface area (Å²) in [6.07, 6.45) is -0.491. The number of halogens is 2. The first-order chi connectivity index (χ1) is 7.50. The molecular weight excluding hydrogens is 253 g/mol. The molecule has 4 nitrogen and oxygen atoms in total. The second-order valence-electron chi connectivity index (χ2n) is 3.02. The van der Waals surface area contributed by atoms with Crippen molar-refractivity contribution in [1.29, 1.82) is 0 Å². The first kappa shape index (κ1) is 12.8. The van der Waals surface area contributed by atoms with E-state index in [-0.39, 0.29) is 17.9 Å². The van der Waals surface area contributed by atoms with Crippen LogP contribution in [-0.4, -0.2) is 11.9 Å². The zero-order valence-corrected chi connectivity index (χ0v) is 9.64. The Morgan fingerprint density at radius 2 is 1.94 bits per heavy atom. The van der Waals surface area contributed by atoms with Gasteiger partial charge < -0.3 is 15.2 Å². The van der Waals surface area contributed by atoms with Gasteiger partial charge in [-0.25, -0.2) is 0 Å². The van der Waals surface area contributed by atoms with E-state index in [2.05, 4.69) is 5.32 Å². The van der Waals surface area contributed by atoms with Gasteiger partial charge in [0.15, 0.2) is 0 Å². The Hall–Kier alpha value is -1.26. The van der Waals surface area contributed by atoms with Gasteiger partial charge in [0.2, 0.25) is 5.91 Å². The molecule has 0 unspecified atom stereocenters. The van der Waals surface area contributed by atoms with Crippen molar-refractivity contribution in [3.8, 4) is 0 Å². The lowest BCUT2D eigenvalue weighted by molar-refractivity contribution is -0.305. The Kier molecular flexibility index (Phi) is 4.58. The predicted octanol–water partition coefficient (Wildman–Crippen LogP) is 1.46. The molecule has 0 fully saturated rings. The Labute approximate surface area is 102 Å². The number of carbonyl (C=O) groups is 2. The summed E-state index contributed by atoms with van der Waals surface area (Å²) >= 11 is 11.6. The van der Waals surface area contributed by atoms with Crippen molar-refractivity contribution in [2.24, 2.45) is 0 Å². The van der Waals surface area contributed by atoms with Crippen LogP contribution < -0.4 is 10.4 Å². The molecule has 0 heterocycles. The highest BCUT2D eigenvalue weighted by molar-refractivity contribution is 6.43. The number of carboxylic acid groups (broad SMARTS) is 1. The Morgan fingerprint density at radius 3 is 2.56 bits per heavy atom. The second kappa shape index (κ2) is 5.72. The number of benzene rings is 1. The highest BCUT2D eigenvalue weighted by atomic mass is 35.5. The van der Waals surface area contributed by atoms with Gasteiger partial charge >= 0.3 is 0 Å². The van der Waals surface area contributed by atoms with E-state index in [0.29, 0.717) is 10.7 Å². The van der Waals surface area contributed by atoms with Gasteiger partial charge in [0.25, 0.3) is 0 Å². The van der Waals surface area contributed by atoms with Crippen LogP contribution in [0.4, 0.5) is 5.69 Å². The van der Waals surface area contributed by atoms with Crippen LogP contribution in [0.2, 0.25) is 10.0 Å². The fourth-order valence-corrected chi connectivity index (χ4v) is 1.38. The molecule has 0 aliphatic heterocycles. The number of hydrogen-bond acceptors (Lipinski definition) is 3. The third kappa shape index (κ3) is 3.72. The van der Waals surface area contributed by atoms with Crippen LogP contribution in [0.15, 0.2) is 18.2 Å². The highest BCUT2D eigenvalue weighted by Crippen LogP contribution is 2.29. The molecule has 0 aliphatic carbocycles. The Bertz CT molecular complexity index is 421. The summed E-state index contributed by atoms with van der Waals surface area (Å²) in [4.78, 5) is 21.4. The van der Waals surface area contributed by atoms with Gasteiger partial charge in [0.1, 0.15) is 0 Å². The zero-order valence-electron chi connectivity index (χ0n) is 8.13. The van der Waals surface area contributed by atoms with Gasteiger partial charge in [0, 0.05) is 12.4 Å². The van der Waals surface area contributed by atoms with E-state index >= 15 is 0 Å². The number of hydrogen-bond donors (Lipinski definition) is 1. The summed E-state index contributed by atoms with van der Waals surface area (Å²) in [5.41, 5.74) is 0.359. The molecule has 1 rings (SSSR count). The van der Waals surface area contributed by atoms with Crippen LogP contribution in [0, 0.1) is 0 Å². The van der Waals surface area contributed by atoms with Gasteiger partial charge in [-0.15, -0.1) is 0 Å². The van der Waals surface area contributed by atoms with Crippen LogP contribution in [0.5, 0.6) is 0 Å². The van der Waals surface area contributed by atoms with Gasteiger partial charge in [-0.3, -0.25) is 4.79 Å². The van der Waals surface area contributed by atoms with E-state index < -0.39 is 11.9 Å². The minimum Gasteiger partial charge on any atom is -0.550 e. The minimum absolute atomic E-state index is 0.162. The second-order valence-corrected chi connectivity index (χ2v) is 3.81. The Balaban J connectivity index is 2.63. The normalized spacial score (nSPS) is 9.88. The molecule has 86 valence electrons. The van der Waals surface area contributed by atoms with Crippen molar-refractivity contribution in [3.05, 3.63) is 28.2 Å². The van der Waals surface area contributed by atoms with Crippen molar-refractivity contribution in [2.45, 2.75) is 12.8 Å². The van der Waals surface area contributed by atoms with Gasteiger partial charge in [0.05, 0.1) is 15.7 Å². The fraction of sp³-hybridized carbons (Fsp3) is 0.200. The lowest BCUT2D eigenvalue weighted by Crippen LogP contribution is -2.24. The molecule has 0 saturated heterocycles. The number of rotatable bonds is 4. The van der Waals surface area contributed by atoms with E-state index in [0.717, 1.165) is 0 Å². The number of carboxylic acids is 1. The van der Waals surface area contributed by atoms with Crippen molar-refractivity contribution >= 4 is 40.8 Å². The average molecular weight is 261 g/mol. The molecular formula is C10H8Cl2NO3-. The molecule has 0 aliphatic rings. The monoisotopic (exact) mass is 260 g/mol. The van der Waals surface area contributed by atoms with Gasteiger partial charge in [-0.2, -0.15) is 0 Å². The summed E-state index contributed by atoms with van der Waals surface area (Å²) in [7, 11) is 0. The molecule has 0 radical (unpaired) electrons. The fourth-order valence-electron chi connectivity index (χ4n) is 1.03. The van der Waals surface area contributed by atoms with E-state index in [9.17, 15) is 14.7 Å². The molecule has 0 bridgehead atoms. The molecule has 0 saturated carbocycles. The van der Waals surface area contributed by atoms with Crippen molar-refractivity contribution in [1.82, 2.24) is 0 Å². The van der Waals surface area contributed by atoms with E-state index in [1.807, 2.05) is 0 Å². The van der Waals surface area contributed by atoms with E-state index in [1.54, 1.807) is 18.2 Å². The van der Waals surface area contributed by atoms with Crippen molar-refractivity contribution < 1.29 is 14.7 Å². The summed E-state index contributed by atoms with van der Waals surface area (Å²) in [5, 5.41) is 13.1. The van der Waals surface area contributed by atoms with Crippen LogP contribution >= 0.6 is 23.2 Å². The lowest BCUT2D eigenvalue weighted by Gasteiger charge is -2.08. The molecule has 0 aromatic heterocycles. The summed E-state index contributed by atoms with van der Waals surface area (Å²) in [6, 6.07) is 4.79. The van der Waals surface area contributed by atoms with Crippen LogP contribution in [0.25, 0.3) is 0 Å². The maximum absolute atomic E-state index is 11.3. The predicted molar refractivity (Wildman–Crippen MR) is 59.3 cm³/mol. The molecule has 1 N–H and O–H groups in total. The maximum Gasteiger partial charge on any atom is 0.224 e. The number of amides is 1. The number of carbonyl (C=O) groups excluding carboxylic acids is 2. The summed E-state index contributed by atoms with van der Waals surface area (Å²) in [6.45, 7) is 0. The van der Waals surface area contributed by atoms with E-state index in [1.165, 1.54) is 0 Å². The first-order valence-corrected chi connectivity index (χ1v) is 5.20. The highest BCUT2D eigenvalue weighted by Gasteiger charge is 2.07.